The Balaban J connectivity index is 1.56. The average Bonchev–Trinajstić information content (AvgIpc) is 3.16. The Bertz CT molecular complexity index is 880. The Morgan fingerprint density at radius 1 is 1.32 bits per heavy atom. The largest absolute Gasteiger partial charge is 0.369 e. The second kappa shape index (κ2) is 8.08. The summed E-state index contributed by atoms with van der Waals surface area (Å²) in [6, 6.07) is 6.33. The molecule has 1 N–H and O–H groups in total. The highest BCUT2D eigenvalue weighted by molar-refractivity contribution is 7.92. The summed E-state index contributed by atoms with van der Waals surface area (Å²) >= 11 is 0. The maximum atomic E-state index is 14.2. The first kappa shape index (κ1) is 20.6. The van der Waals surface area contributed by atoms with Crippen molar-refractivity contribution in [2.75, 3.05) is 30.8 Å². The third-order valence-corrected chi connectivity index (χ3v) is 8.30. The molecule has 1 heterocycles. The van der Waals surface area contributed by atoms with Crippen molar-refractivity contribution in [3.8, 4) is 6.07 Å². The number of hydrogen-bond donors (Lipinski definition) is 1. The number of nitrogens with one attached hydrogen (secondary N) is 1. The third kappa shape index (κ3) is 4.14. The Labute approximate surface area is 165 Å². The fraction of sp³-hybridized carbons (Fsp3) is 0.600. The average molecular weight is 408 g/mol. The number of sulfone groups is 1. The van der Waals surface area contributed by atoms with Crippen molar-refractivity contribution in [1.29, 1.82) is 5.26 Å². The predicted octanol–water partition coefficient (Wildman–Crippen LogP) is 2.39. The van der Waals surface area contributed by atoms with Gasteiger partial charge in [0.2, 0.25) is 5.91 Å². The van der Waals surface area contributed by atoms with Crippen LogP contribution >= 0.6 is 0 Å². The quantitative estimate of drug-likeness (QED) is 0.809. The number of halogens is 1. The first-order valence-corrected chi connectivity index (χ1v) is 11.6. The van der Waals surface area contributed by atoms with E-state index in [-0.39, 0.29) is 23.9 Å². The lowest BCUT2D eigenvalue weighted by Crippen LogP contribution is -2.49. The van der Waals surface area contributed by atoms with E-state index in [0.717, 1.165) is 12.8 Å². The lowest BCUT2D eigenvalue weighted by molar-refractivity contribution is -0.125. The van der Waals surface area contributed by atoms with Gasteiger partial charge in [-0.3, -0.25) is 4.79 Å². The van der Waals surface area contributed by atoms with Crippen LogP contribution in [0.1, 0.15) is 44.1 Å². The van der Waals surface area contributed by atoms with Crippen molar-refractivity contribution < 1.29 is 17.6 Å². The zero-order valence-corrected chi connectivity index (χ0v) is 16.9. The van der Waals surface area contributed by atoms with Gasteiger partial charge >= 0.3 is 0 Å². The van der Waals surface area contributed by atoms with Crippen LogP contribution in [0, 0.1) is 23.1 Å². The van der Waals surface area contributed by atoms with Crippen LogP contribution in [0.25, 0.3) is 0 Å². The minimum Gasteiger partial charge on any atom is -0.369 e. The van der Waals surface area contributed by atoms with Crippen LogP contribution in [0.5, 0.6) is 0 Å². The lowest BCUT2D eigenvalue weighted by Gasteiger charge is -2.34. The number of carbonyl (C=O) groups is 1. The SMILES string of the molecule is CS(=O)(=O)C1(CNC(=O)C2CCN(c3ccc(C#N)cc3F)CC2)CCCC1. The number of hydrogen-bond acceptors (Lipinski definition) is 5. The lowest BCUT2D eigenvalue weighted by atomic mass is 9.95. The summed E-state index contributed by atoms with van der Waals surface area (Å²) in [6.45, 7) is 1.26. The molecule has 1 saturated heterocycles. The summed E-state index contributed by atoms with van der Waals surface area (Å²) in [4.78, 5) is 14.5. The first-order chi connectivity index (χ1) is 13.3. The number of benzene rings is 1. The molecule has 0 atom stereocenters. The van der Waals surface area contributed by atoms with Crippen LogP contribution in [-0.2, 0) is 14.6 Å². The number of rotatable bonds is 5. The zero-order valence-electron chi connectivity index (χ0n) is 16.1. The third-order valence-electron chi connectivity index (χ3n) is 6.17. The highest BCUT2D eigenvalue weighted by atomic mass is 32.2. The Kier molecular flexibility index (Phi) is 5.94. The van der Waals surface area contributed by atoms with E-state index in [4.69, 9.17) is 5.26 Å². The van der Waals surface area contributed by atoms with Crippen molar-refractivity contribution in [2.24, 2.45) is 5.92 Å². The number of anilines is 1. The molecule has 6 nitrogen and oxygen atoms in total. The molecule has 1 aliphatic carbocycles. The molecule has 0 aromatic heterocycles. The van der Waals surface area contributed by atoms with Gasteiger partial charge in [-0.1, -0.05) is 12.8 Å². The molecular formula is C20H26FN3O3S. The zero-order chi connectivity index (χ0) is 20.4. The van der Waals surface area contributed by atoms with E-state index in [1.807, 2.05) is 11.0 Å². The standard InChI is InChI=1S/C20H26FN3O3S/c1-28(26,27)20(8-2-3-9-20)14-23-19(25)16-6-10-24(11-7-16)18-5-4-15(13-22)12-17(18)21/h4-5,12,16H,2-3,6-11,14H2,1H3,(H,23,25). The van der Waals surface area contributed by atoms with Crippen LogP contribution in [0.2, 0.25) is 0 Å². The second-order valence-corrected chi connectivity index (χ2v) is 10.3. The molecule has 3 rings (SSSR count). The van der Waals surface area contributed by atoms with Gasteiger partial charge in [-0.15, -0.1) is 0 Å². The summed E-state index contributed by atoms with van der Waals surface area (Å²) in [5.41, 5.74) is 0.724. The van der Waals surface area contributed by atoms with Gasteiger partial charge in [-0.05, 0) is 43.9 Å². The van der Waals surface area contributed by atoms with E-state index in [0.29, 0.717) is 44.5 Å². The summed E-state index contributed by atoms with van der Waals surface area (Å²) in [5, 5.41) is 11.7. The van der Waals surface area contributed by atoms with Crippen molar-refractivity contribution in [3.05, 3.63) is 29.6 Å². The minimum absolute atomic E-state index is 0.116. The first-order valence-electron chi connectivity index (χ1n) is 9.68. The number of nitriles is 1. The van der Waals surface area contributed by atoms with Crippen molar-refractivity contribution in [1.82, 2.24) is 5.32 Å². The molecule has 28 heavy (non-hydrogen) atoms. The molecular weight excluding hydrogens is 381 g/mol. The molecule has 2 aliphatic rings. The van der Waals surface area contributed by atoms with Crippen LogP contribution in [0.4, 0.5) is 10.1 Å². The van der Waals surface area contributed by atoms with Crippen molar-refractivity contribution in [3.63, 3.8) is 0 Å². The van der Waals surface area contributed by atoms with E-state index < -0.39 is 20.4 Å². The number of amides is 1. The molecule has 152 valence electrons. The highest BCUT2D eigenvalue weighted by Crippen LogP contribution is 2.36. The summed E-state index contributed by atoms with van der Waals surface area (Å²) in [6.07, 6.45) is 5.36. The fourth-order valence-electron chi connectivity index (χ4n) is 4.31. The van der Waals surface area contributed by atoms with Crippen LogP contribution < -0.4 is 10.2 Å². The second-order valence-electron chi connectivity index (χ2n) is 7.92. The number of carbonyl (C=O) groups excluding carboxylic acids is 1. The molecule has 1 aliphatic heterocycles. The van der Waals surface area contributed by atoms with Crippen LogP contribution in [-0.4, -0.2) is 45.0 Å². The molecule has 2 fully saturated rings. The van der Waals surface area contributed by atoms with Crippen LogP contribution in [0.3, 0.4) is 0 Å². The Morgan fingerprint density at radius 3 is 2.50 bits per heavy atom. The number of piperidine rings is 1. The highest BCUT2D eigenvalue weighted by Gasteiger charge is 2.43. The molecule has 0 spiro atoms. The van der Waals surface area contributed by atoms with Gasteiger partial charge in [0.05, 0.1) is 22.1 Å². The molecule has 0 radical (unpaired) electrons. The van der Waals surface area contributed by atoms with E-state index in [1.54, 1.807) is 12.1 Å². The topological polar surface area (TPSA) is 90.3 Å². The monoisotopic (exact) mass is 407 g/mol. The molecule has 0 unspecified atom stereocenters. The molecule has 1 aromatic rings. The van der Waals surface area contributed by atoms with Gasteiger partial charge in [-0.25, -0.2) is 12.8 Å². The van der Waals surface area contributed by atoms with Gasteiger partial charge in [0.15, 0.2) is 9.84 Å². The molecule has 1 amide bonds. The van der Waals surface area contributed by atoms with E-state index >= 15 is 0 Å². The molecule has 1 aromatic carbocycles. The molecule has 8 heteroatoms. The Morgan fingerprint density at radius 2 is 1.96 bits per heavy atom. The predicted molar refractivity (Wildman–Crippen MR) is 105 cm³/mol. The van der Waals surface area contributed by atoms with Gasteiger partial charge in [0, 0.05) is 31.8 Å². The fourth-order valence-corrected chi connectivity index (χ4v) is 5.67. The van der Waals surface area contributed by atoms with Gasteiger partial charge in [-0.2, -0.15) is 5.26 Å². The van der Waals surface area contributed by atoms with Gasteiger partial charge in [0.25, 0.3) is 0 Å². The Hall–Kier alpha value is -2.14. The smallest absolute Gasteiger partial charge is 0.223 e. The molecule has 0 bridgehead atoms. The van der Waals surface area contributed by atoms with E-state index in [1.165, 1.54) is 12.3 Å². The van der Waals surface area contributed by atoms with Gasteiger partial charge < -0.3 is 10.2 Å². The minimum atomic E-state index is -3.23. The van der Waals surface area contributed by atoms with Gasteiger partial charge in [0.1, 0.15) is 5.82 Å². The van der Waals surface area contributed by atoms with E-state index in [9.17, 15) is 17.6 Å². The number of nitrogens with zero attached hydrogens (tertiary/aromatic N) is 2. The maximum absolute atomic E-state index is 14.2. The summed E-state index contributed by atoms with van der Waals surface area (Å²) in [7, 11) is -3.23. The summed E-state index contributed by atoms with van der Waals surface area (Å²) < 4.78 is 37.8. The normalized spacial score (nSPS) is 20.0. The maximum Gasteiger partial charge on any atom is 0.223 e. The van der Waals surface area contributed by atoms with Crippen LogP contribution in [0.15, 0.2) is 18.2 Å². The van der Waals surface area contributed by atoms with E-state index in [2.05, 4.69) is 5.32 Å². The summed E-state index contributed by atoms with van der Waals surface area (Å²) in [5.74, 6) is -0.746. The molecule has 1 saturated carbocycles. The van der Waals surface area contributed by atoms with Crippen molar-refractivity contribution >= 4 is 21.4 Å². The van der Waals surface area contributed by atoms with Crippen molar-refractivity contribution in [2.45, 2.75) is 43.3 Å².